The molecule has 0 bridgehead atoms. The molecule has 1 aliphatic rings. The molecule has 1 aromatic rings. The van der Waals surface area contributed by atoms with Crippen LogP contribution in [0.2, 0.25) is 0 Å². The minimum Gasteiger partial charge on any atom is -0.202 e. The summed E-state index contributed by atoms with van der Waals surface area (Å²) in [6.07, 6.45) is 2.72. The van der Waals surface area contributed by atoms with Crippen molar-refractivity contribution in [3.05, 3.63) is 35.4 Å². The summed E-state index contributed by atoms with van der Waals surface area (Å²) in [6, 6.07) is 8.47. The van der Waals surface area contributed by atoms with Gasteiger partial charge in [0.2, 0.25) is 0 Å². The molecular weight excluding hydrogens is 208 g/mol. The van der Waals surface area contributed by atoms with E-state index < -0.39 is 11.3 Å². The Bertz CT molecular complexity index is 419. The van der Waals surface area contributed by atoms with Crippen LogP contribution in [0.25, 0.3) is 0 Å². The van der Waals surface area contributed by atoms with E-state index in [1.165, 1.54) is 12.1 Å². The number of alkyl halides is 2. The standard InChI is InChI=1S/C13H13F2N/c1-12(14,15)10-3-5-11(6-4-10)13(9-16)7-2-8-13/h3-6H,2,7-8H2,1H3. The Labute approximate surface area is 93.7 Å². The second-order valence-electron chi connectivity index (χ2n) is 4.51. The minimum absolute atomic E-state index is 0.00339. The van der Waals surface area contributed by atoms with Gasteiger partial charge in [-0.3, -0.25) is 0 Å². The van der Waals surface area contributed by atoms with Crippen molar-refractivity contribution < 1.29 is 8.78 Å². The predicted molar refractivity (Wildman–Crippen MR) is 57.2 cm³/mol. The van der Waals surface area contributed by atoms with Crippen molar-refractivity contribution in [2.45, 2.75) is 37.5 Å². The van der Waals surface area contributed by atoms with Gasteiger partial charge in [-0.15, -0.1) is 0 Å². The molecule has 3 heteroatoms. The number of rotatable bonds is 2. The Morgan fingerprint density at radius 2 is 1.81 bits per heavy atom. The molecule has 84 valence electrons. The predicted octanol–water partition coefficient (Wildman–Crippen LogP) is 3.74. The maximum absolute atomic E-state index is 13.0. The molecule has 0 radical (unpaired) electrons. The third kappa shape index (κ3) is 1.69. The summed E-state index contributed by atoms with van der Waals surface area (Å²) in [6.45, 7) is 0.880. The second-order valence-corrected chi connectivity index (χ2v) is 4.51. The molecule has 0 heterocycles. The number of nitrogens with zero attached hydrogens (tertiary/aromatic N) is 1. The minimum atomic E-state index is -2.81. The summed E-state index contributed by atoms with van der Waals surface area (Å²) in [5.41, 5.74) is 0.458. The summed E-state index contributed by atoms with van der Waals surface area (Å²) in [7, 11) is 0. The Morgan fingerprint density at radius 3 is 2.12 bits per heavy atom. The van der Waals surface area contributed by atoms with Crippen molar-refractivity contribution in [2.75, 3.05) is 0 Å². The van der Waals surface area contributed by atoms with Gasteiger partial charge < -0.3 is 0 Å². The highest BCUT2D eigenvalue weighted by Crippen LogP contribution is 2.43. The highest BCUT2D eigenvalue weighted by atomic mass is 19.3. The van der Waals surface area contributed by atoms with Crippen LogP contribution in [0.3, 0.4) is 0 Å². The largest absolute Gasteiger partial charge is 0.270 e. The van der Waals surface area contributed by atoms with Crippen molar-refractivity contribution in [1.29, 1.82) is 5.26 Å². The molecule has 0 amide bonds. The van der Waals surface area contributed by atoms with Crippen molar-refractivity contribution in [1.82, 2.24) is 0 Å². The monoisotopic (exact) mass is 221 g/mol. The van der Waals surface area contributed by atoms with E-state index in [4.69, 9.17) is 5.26 Å². The molecule has 1 nitrogen and oxygen atoms in total. The number of halogens is 2. The fourth-order valence-electron chi connectivity index (χ4n) is 2.08. The first-order chi connectivity index (χ1) is 7.48. The number of nitriles is 1. The van der Waals surface area contributed by atoms with Crippen LogP contribution in [0.15, 0.2) is 24.3 Å². The van der Waals surface area contributed by atoms with Crippen molar-refractivity contribution in [2.24, 2.45) is 0 Å². The van der Waals surface area contributed by atoms with Crippen LogP contribution >= 0.6 is 0 Å². The van der Waals surface area contributed by atoms with Crippen LogP contribution in [0.5, 0.6) is 0 Å². The molecule has 0 spiro atoms. The van der Waals surface area contributed by atoms with E-state index in [2.05, 4.69) is 6.07 Å². The topological polar surface area (TPSA) is 23.8 Å². The average Bonchev–Trinajstić information content (AvgIpc) is 2.16. The second kappa shape index (κ2) is 3.55. The molecule has 16 heavy (non-hydrogen) atoms. The maximum atomic E-state index is 13.0. The summed E-state index contributed by atoms with van der Waals surface area (Å²) in [4.78, 5) is 0. The van der Waals surface area contributed by atoms with E-state index in [9.17, 15) is 8.78 Å². The van der Waals surface area contributed by atoms with E-state index in [0.29, 0.717) is 0 Å². The van der Waals surface area contributed by atoms with E-state index >= 15 is 0 Å². The average molecular weight is 221 g/mol. The summed E-state index contributed by atoms with van der Waals surface area (Å²) in [5, 5.41) is 9.12. The van der Waals surface area contributed by atoms with Gasteiger partial charge in [0, 0.05) is 12.5 Å². The Hall–Kier alpha value is -1.43. The van der Waals surface area contributed by atoms with Crippen molar-refractivity contribution in [3.8, 4) is 6.07 Å². The molecule has 1 fully saturated rings. The van der Waals surface area contributed by atoms with Crippen LogP contribution in [-0.2, 0) is 11.3 Å². The Morgan fingerprint density at radius 1 is 1.25 bits per heavy atom. The maximum Gasteiger partial charge on any atom is 0.270 e. The molecule has 0 saturated heterocycles. The first-order valence-electron chi connectivity index (χ1n) is 5.38. The van der Waals surface area contributed by atoms with Gasteiger partial charge in [0.1, 0.15) is 0 Å². The van der Waals surface area contributed by atoms with Gasteiger partial charge in [-0.2, -0.15) is 5.26 Å². The molecule has 2 rings (SSSR count). The van der Waals surface area contributed by atoms with Crippen LogP contribution in [-0.4, -0.2) is 0 Å². The van der Waals surface area contributed by atoms with Gasteiger partial charge in [-0.1, -0.05) is 24.3 Å². The molecule has 1 aromatic carbocycles. The molecule has 0 aromatic heterocycles. The summed E-state index contributed by atoms with van der Waals surface area (Å²) >= 11 is 0. The molecule has 0 N–H and O–H groups in total. The quantitative estimate of drug-likeness (QED) is 0.746. The SMILES string of the molecule is CC(F)(F)c1ccc(C2(C#N)CCC2)cc1. The molecule has 0 atom stereocenters. The van der Waals surface area contributed by atoms with Gasteiger partial charge in [0.15, 0.2) is 0 Å². The first kappa shape index (κ1) is 11.1. The number of hydrogen-bond donors (Lipinski definition) is 0. The highest BCUT2D eigenvalue weighted by Gasteiger charge is 2.39. The molecule has 0 unspecified atom stereocenters. The van der Waals surface area contributed by atoms with Crippen molar-refractivity contribution >= 4 is 0 Å². The van der Waals surface area contributed by atoms with Crippen LogP contribution < -0.4 is 0 Å². The lowest BCUT2D eigenvalue weighted by atomic mass is 9.65. The smallest absolute Gasteiger partial charge is 0.202 e. The third-order valence-electron chi connectivity index (χ3n) is 3.37. The zero-order valence-corrected chi connectivity index (χ0v) is 9.13. The first-order valence-corrected chi connectivity index (χ1v) is 5.38. The van der Waals surface area contributed by atoms with Crippen LogP contribution in [0.4, 0.5) is 8.78 Å². The number of hydrogen-bond acceptors (Lipinski definition) is 1. The van der Waals surface area contributed by atoms with Gasteiger partial charge in [-0.05, 0) is 24.8 Å². The van der Waals surface area contributed by atoms with E-state index in [-0.39, 0.29) is 5.56 Å². The van der Waals surface area contributed by atoms with Crippen LogP contribution in [0.1, 0.15) is 37.3 Å². The Balaban J connectivity index is 2.30. The molecule has 1 saturated carbocycles. The summed E-state index contributed by atoms with van der Waals surface area (Å²) in [5.74, 6) is -2.81. The summed E-state index contributed by atoms with van der Waals surface area (Å²) < 4.78 is 26.0. The van der Waals surface area contributed by atoms with Crippen LogP contribution in [0, 0.1) is 11.3 Å². The van der Waals surface area contributed by atoms with Gasteiger partial charge in [0.25, 0.3) is 5.92 Å². The fraction of sp³-hybridized carbons (Fsp3) is 0.462. The highest BCUT2D eigenvalue weighted by molar-refractivity contribution is 5.37. The molecule has 1 aliphatic carbocycles. The van der Waals surface area contributed by atoms with E-state index in [1.807, 2.05) is 0 Å². The van der Waals surface area contributed by atoms with Gasteiger partial charge in [-0.25, -0.2) is 8.78 Å². The van der Waals surface area contributed by atoms with E-state index in [1.54, 1.807) is 12.1 Å². The van der Waals surface area contributed by atoms with E-state index in [0.717, 1.165) is 31.7 Å². The van der Waals surface area contributed by atoms with Gasteiger partial charge >= 0.3 is 0 Å². The zero-order chi connectivity index (χ0) is 11.8. The molecule has 0 aliphatic heterocycles. The lowest BCUT2D eigenvalue weighted by Gasteiger charge is -2.35. The zero-order valence-electron chi connectivity index (χ0n) is 9.13. The van der Waals surface area contributed by atoms with Crippen molar-refractivity contribution in [3.63, 3.8) is 0 Å². The normalized spacial score (nSPS) is 18.6. The Kier molecular flexibility index (Phi) is 2.46. The molecular formula is C13H13F2N. The third-order valence-corrected chi connectivity index (χ3v) is 3.37. The fourth-order valence-corrected chi connectivity index (χ4v) is 2.08. The van der Waals surface area contributed by atoms with Gasteiger partial charge in [0.05, 0.1) is 11.5 Å². The number of benzene rings is 1. The lowest BCUT2D eigenvalue weighted by molar-refractivity contribution is 0.0174. The lowest BCUT2D eigenvalue weighted by Crippen LogP contribution is -2.32.